The van der Waals surface area contributed by atoms with Crippen LogP contribution in [0.2, 0.25) is 0 Å². The van der Waals surface area contributed by atoms with E-state index in [2.05, 4.69) is 14.7 Å². The fourth-order valence-corrected chi connectivity index (χ4v) is 1.42. The van der Waals surface area contributed by atoms with Crippen LogP contribution >= 0.6 is 0 Å². The second-order valence-electron chi connectivity index (χ2n) is 2.93. The minimum Gasteiger partial charge on any atom is -0.468 e. The Kier molecular flexibility index (Phi) is 1.92. The van der Waals surface area contributed by atoms with E-state index in [9.17, 15) is 4.79 Å². The van der Waals surface area contributed by atoms with Crippen LogP contribution in [0.25, 0.3) is 0 Å². The lowest BCUT2D eigenvalue weighted by Gasteiger charge is -2.16. The Morgan fingerprint density at radius 2 is 2.43 bits per heavy atom. The highest BCUT2D eigenvalue weighted by atomic mass is 16.5. The van der Waals surface area contributed by atoms with Crippen molar-refractivity contribution < 1.29 is 9.53 Å². The van der Waals surface area contributed by atoms with Crippen molar-refractivity contribution in [1.29, 1.82) is 0 Å². The molecule has 0 saturated heterocycles. The molecule has 1 atom stereocenters. The van der Waals surface area contributed by atoms with Gasteiger partial charge in [-0.2, -0.15) is 0 Å². The van der Waals surface area contributed by atoms with Crippen LogP contribution in [-0.2, 0) is 9.53 Å². The first-order chi connectivity index (χ1) is 6.72. The molecule has 5 heteroatoms. The fraction of sp³-hybridized carbons (Fsp3) is 0.222. The van der Waals surface area contributed by atoms with Gasteiger partial charge in [-0.3, -0.25) is 4.79 Å². The van der Waals surface area contributed by atoms with Gasteiger partial charge < -0.3 is 10.5 Å². The van der Waals surface area contributed by atoms with Gasteiger partial charge in [0.15, 0.2) is 5.84 Å². The van der Waals surface area contributed by atoms with E-state index >= 15 is 0 Å². The fourth-order valence-electron chi connectivity index (χ4n) is 1.42. The van der Waals surface area contributed by atoms with E-state index in [0.29, 0.717) is 11.7 Å². The van der Waals surface area contributed by atoms with Gasteiger partial charge in [-0.15, -0.1) is 0 Å². The molecule has 0 aromatic heterocycles. The quantitative estimate of drug-likeness (QED) is 0.592. The summed E-state index contributed by atoms with van der Waals surface area (Å²) in [6, 6.07) is 0. The molecule has 0 bridgehead atoms. The van der Waals surface area contributed by atoms with Crippen molar-refractivity contribution in [1.82, 2.24) is 0 Å². The third-order valence-corrected chi connectivity index (χ3v) is 2.07. The average molecular weight is 191 g/mol. The highest BCUT2D eigenvalue weighted by molar-refractivity contribution is 6.15. The van der Waals surface area contributed by atoms with Gasteiger partial charge >= 0.3 is 5.97 Å². The normalized spacial score (nSPS) is 23.5. The van der Waals surface area contributed by atoms with Crippen LogP contribution in [0.1, 0.15) is 0 Å². The molecule has 0 aromatic carbocycles. The third kappa shape index (κ3) is 1.22. The molecule has 14 heavy (non-hydrogen) atoms. The second kappa shape index (κ2) is 3.10. The highest BCUT2D eigenvalue weighted by Gasteiger charge is 2.29. The largest absolute Gasteiger partial charge is 0.468 e. The Labute approximate surface area is 80.7 Å². The van der Waals surface area contributed by atoms with E-state index in [4.69, 9.17) is 5.73 Å². The minimum absolute atomic E-state index is 0.298. The summed E-state index contributed by atoms with van der Waals surface area (Å²) >= 11 is 0. The zero-order chi connectivity index (χ0) is 10.1. The molecule has 0 amide bonds. The summed E-state index contributed by atoms with van der Waals surface area (Å²) in [5.41, 5.74) is 6.28. The molecule has 2 aliphatic heterocycles. The molecule has 2 rings (SSSR count). The molecule has 0 radical (unpaired) electrons. The summed E-state index contributed by atoms with van der Waals surface area (Å²) in [6.07, 6.45) is 4.90. The number of nitrogens with zero attached hydrogens (tertiary/aromatic N) is 2. The summed E-state index contributed by atoms with van der Waals surface area (Å²) in [6.45, 7) is 0. The van der Waals surface area contributed by atoms with E-state index < -0.39 is 5.92 Å². The van der Waals surface area contributed by atoms with Gasteiger partial charge in [0.25, 0.3) is 0 Å². The molecule has 5 nitrogen and oxygen atoms in total. The zero-order valence-electron chi connectivity index (χ0n) is 7.60. The van der Waals surface area contributed by atoms with E-state index in [-0.39, 0.29) is 5.97 Å². The van der Waals surface area contributed by atoms with Gasteiger partial charge in [-0.1, -0.05) is 0 Å². The van der Waals surface area contributed by atoms with Crippen molar-refractivity contribution in [3.8, 4) is 0 Å². The highest BCUT2D eigenvalue weighted by Crippen LogP contribution is 2.24. The molecule has 0 saturated carbocycles. The summed E-state index contributed by atoms with van der Waals surface area (Å²) in [5.74, 6) is -0.0286. The zero-order valence-corrected chi connectivity index (χ0v) is 7.60. The number of fused-ring (bicyclic) bond motifs is 1. The first-order valence-corrected chi connectivity index (χ1v) is 4.11. The standard InChI is InChI=1S/C9H9N3O2/c1-14-9(13)6-4-7(10)12-8-5(6)2-3-11-8/h2-4,6H,10H2,1H3/t6-/m0/s1. The van der Waals surface area contributed by atoms with Crippen molar-refractivity contribution in [3.05, 3.63) is 23.5 Å². The molecule has 0 unspecified atom stereocenters. The SMILES string of the molecule is COC(=O)[C@H]1C=C(N)N=C2N=CC=C21. The smallest absolute Gasteiger partial charge is 0.317 e. The number of esters is 1. The number of carbonyl (C=O) groups is 1. The molecule has 0 spiro atoms. The summed E-state index contributed by atoms with van der Waals surface area (Å²) in [5, 5.41) is 0. The second-order valence-corrected chi connectivity index (χ2v) is 2.93. The number of aliphatic imine (C=N–C) groups is 2. The molecule has 0 fully saturated rings. The van der Waals surface area contributed by atoms with Crippen LogP contribution in [0.5, 0.6) is 0 Å². The molecular weight excluding hydrogens is 182 g/mol. The maximum atomic E-state index is 11.4. The van der Waals surface area contributed by atoms with Gasteiger partial charge in [0.1, 0.15) is 11.7 Å². The molecule has 2 aliphatic rings. The number of methoxy groups -OCH3 is 1. The average Bonchev–Trinajstić information content (AvgIpc) is 2.62. The number of amidine groups is 1. The first kappa shape index (κ1) is 8.68. The van der Waals surface area contributed by atoms with Crippen molar-refractivity contribution in [3.63, 3.8) is 0 Å². The van der Waals surface area contributed by atoms with Crippen molar-refractivity contribution in [2.75, 3.05) is 7.11 Å². The van der Waals surface area contributed by atoms with Crippen LogP contribution in [0.15, 0.2) is 33.5 Å². The van der Waals surface area contributed by atoms with Crippen LogP contribution in [0, 0.1) is 5.92 Å². The minimum atomic E-state index is -0.477. The van der Waals surface area contributed by atoms with E-state index in [1.807, 2.05) is 0 Å². The summed E-state index contributed by atoms with van der Waals surface area (Å²) in [4.78, 5) is 19.4. The number of hydrogen-bond donors (Lipinski definition) is 1. The van der Waals surface area contributed by atoms with Crippen molar-refractivity contribution >= 4 is 18.0 Å². The Morgan fingerprint density at radius 1 is 1.64 bits per heavy atom. The Hall–Kier alpha value is -1.91. The van der Waals surface area contributed by atoms with Gasteiger partial charge in [0, 0.05) is 11.8 Å². The molecule has 2 N–H and O–H groups in total. The number of ether oxygens (including phenoxy) is 1. The van der Waals surface area contributed by atoms with Crippen LogP contribution in [0.3, 0.4) is 0 Å². The third-order valence-electron chi connectivity index (χ3n) is 2.07. The van der Waals surface area contributed by atoms with Gasteiger partial charge in [-0.05, 0) is 12.2 Å². The van der Waals surface area contributed by atoms with Crippen LogP contribution < -0.4 is 5.73 Å². The van der Waals surface area contributed by atoms with Crippen LogP contribution in [0.4, 0.5) is 0 Å². The van der Waals surface area contributed by atoms with Gasteiger partial charge in [0.05, 0.1) is 7.11 Å². The van der Waals surface area contributed by atoms with E-state index in [0.717, 1.165) is 5.57 Å². The number of rotatable bonds is 1. The predicted octanol–water partition coefficient (Wildman–Crippen LogP) is -0.00140. The maximum Gasteiger partial charge on any atom is 0.317 e. The Bertz CT molecular complexity index is 404. The number of nitrogens with two attached hydrogens (primary N) is 1. The molecule has 72 valence electrons. The molecule has 0 aromatic rings. The first-order valence-electron chi connectivity index (χ1n) is 4.11. The Balaban J connectivity index is 2.37. The lowest BCUT2D eigenvalue weighted by molar-refractivity contribution is -0.142. The summed E-state index contributed by atoms with van der Waals surface area (Å²) < 4.78 is 4.66. The van der Waals surface area contributed by atoms with Crippen molar-refractivity contribution in [2.45, 2.75) is 0 Å². The van der Waals surface area contributed by atoms with Gasteiger partial charge in [-0.25, -0.2) is 9.98 Å². The molecular formula is C9H9N3O2. The lowest BCUT2D eigenvalue weighted by atomic mass is 9.96. The van der Waals surface area contributed by atoms with E-state index in [1.54, 1.807) is 18.4 Å². The maximum absolute atomic E-state index is 11.4. The van der Waals surface area contributed by atoms with E-state index in [1.165, 1.54) is 7.11 Å². The topological polar surface area (TPSA) is 77.0 Å². The Morgan fingerprint density at radius 3 is 3.14 bits per heavy atom. The lowest BCUT2D eigenvalue weighted by Crippen LogP contribution is -2.24. The predicted molar refractivity (Wildman–Crippen MR) is 51.8 cm³/mol. The monoisotopic (exact) mass is 191 g/mol. The summed E-state index contributed by atoms with van der Waals surface area (Å²) in [7, 11) is 1.34. The number of hydrogen-bond acceptors (Lipinski definition) is 5. The number of carbonyl (C=O) groups excluding carboxylic acids is 1. The molecule has 2 heterocycles. The van der Waals surface area contributed by atoms with Crippen molar-refractivity contribution in [2.24, 2.45) is 21.6 Å². The number of allylic oxidation sites excluding steroid dienone is 1. The molecule has 0 aliphatic carbocycles. The van der Waals surface area contributed by atoms with Crippen LogP contribution in [-0.4, -0.2) is 25.1 Å². The van der Waals surface area contributed by atoms with Gasteiger partial charge in [0.2, 0.25) is 0 Å².